The Morgan fingerprint density at radius 3 is 2.63 bits per heavy atom. The number of aryl methyl sites for hydroxylation is 1. The highest BCUT2D eigenvalue weighted by Crippen LogP contribution is 2.23. The van der Waals surface area contributed by atoms with Crippen LogP contribution >= 0.6 is 0 Å². The lowest BCUT2D eigenvalue weighted by Crippen LogP contribution is -2.33. The van der Waals surface area contributed by atoms with Crippen LogP contribution in [0.15, 0.2) is 26.1 Å². The zero-order valence-electron chi connectivity index (χ0n) is 11.1. The van der Waals surface area contributed by atoms with Crippen molar-refractivity contribution in [3.63, 3.8) is 0 Å². The summed E-state index contributed by atoms with van der Waals surface area (Å²) >= 11 is 0. The summed E-state index contributed by atoms with van der Waals surface area (Å²) in [4.78, 5) is 25.6. The first-order valence-electron chi connectivity index (χ1n) is 6.08. The Labute approximate surface area is 109 Å². The van der Waals surface area contributed by atoms with E-state index in [2.05, 4.69) is 4.98 Å². The third-order valence-corrected chi connectivity index (χ3v) is 3.13. The fourth-order valence-electron chi connectivity index (χ4n) is 2.06. The Morgan fingerprint density at radius 2 is 2.11 bits per heavy atom. The van der Waals surface area contributed by atoms with Gasteiger partial charge in [0.1, 0.15) is 11.5 Å². The fourth-order valence-corrected chi connectivity index (χ4v) is 2.06. The van der Waals surface area contributed by atoms with Crippen molar-refractivity contribution < 1.29 is 9.52 Å². The standard InChI is InChI=1S/C13H16N2O4/c1-4-9-11(16)14-13(18)15(12(9)17)8(3)10-6-5-7(2)19-10/h5-6,8,17H,4H2,1-3H3,(H,14,16,18). The van der Waals surface area contributed by atoms with Crippen LogP contribution in [0.5, 0.6) is 5.88 Å². The summed E-state index contributed by atoms with van der Waals surface area (Å²) in [5.74, 6) is 0.955. The largest absolute Gasteiger partial charge is 0.494 e. The molecule has 0 aliphatic rings. The summed E-state index contributed by atoms with van der Waals surface area (Å²) in [6, 6.07) is 3.02. The van der Waals surface area contributed by atoms with Crippen LogP contribution in [0.25, 0.3) is 0 Å². The highest BCUT2D eigenvalue weighted by Gasteiger charge is 2.20. The van der Waals surface area contributed by atoms with Gasteiger partial charge in [0.05, 0.1) is 11.6 Å². The zero-order valence-corrected chi connectivity index (χ0v) is 11.1. The quantitative estimate of drug-likeness (QED) is 0.875. The van der Waals surface area contributed by atoms with Crippen LogP contribution in [0.2, 0.25) is 0 Å². The van der Waals surface area contributed by atoms with Crippen molar-refractivity contribution in [2.24, 2.45) is 0 Å². The molecule has 2 aromatic rings. The second-order valence-corrected chi connectivity index (χ2v) is 4.41. The van der Waals surface area contributed by atoms with Crippen LogP contribution in [-0.4, -0.2) is 14.7 Å². The topological polar surface area (TPSA) is 88.2 Å². The van der Waals surface area contributed by atoms with E-state index < -0.39 is 17.3 Å². The summed E-state index contributed by atoms with van der Waals surface area (Å²) in [6.45, 7) is 5.25. The molecule has 2 aromatic heterocycles. The van der Waals surface area contributed by atoms with E-state index in [9.17, 15) is 14.7 Å². The number of hydrogen-bond donors (Lipinski definition) is 2. The lowest BCUT2D eigenvalue weighted by molar-refractivity contribution is 0.353. The number of nitrogens with one attached hydrogen (secondary N) is 1. The van der Waals surface area contributed by atoms with Gasteiger partial charge in [-0.1, -0.05) is 6.92 Å². The third-order valence-electron chi connectivity index (χ3n) is 3.13. The minimum absolute atomic E-state index is 0.190. The Bertz CT molecular complexity index is 708. The molecule has 0 saturated heterocycles. The van der Waals surface area contributed by atoms with Crippen LogP contribution in [0, 0.1) is 6.92 Å². The molecule has 2 N–H and O–H groups in total. The van der Waals surface area contributed by atoms with Crippen molar-refractivity contribution in [3.8, 4) is 5.88 Å². The molecule has 6 nitrogen and oxygen atoms in total. The zero-order chi connectivity index (χ0) is 14.2. The maximum absolute atomic E-state index is 11.9. The van der Waals surface area contributed by atoms with Crippen molar-refractivity contribution in [1.29, 1.82) is 0 Å². The highest BCUT2D eigenvalue weighted by atomic mass is 16.3. The molecule has 0 aromatic carbocycles. The molecule has 0 aliphatic heterocycles. The van der Waals surface area contributed by atoms with E-state index in [1.165, 1.54) is 0 Å². The van der Waals surface area contributed by atoms with E-state index in [1.54, 1.807) is 32.9 Å². The molecule has 1 unspecified atom stereocenters. The normalized spacial score (nSPS) is 12.6. The molecule has 0 saturated carbocycles. The minimum atomic E-state index is -0.652. The van der Waals surface area contributed by atoms with Gasteiger partial charge in [0.2, 0.25) is 5.88 Å². The number of hydrogen-bond acceptors (Lipinski definition) is 4. The van der Waals surface area contributed by atoms with Gasteiger partial charge in [0, 0.05) is 0 Å². The van der Waals surface area contributed by atoms with Gasteiger partial charge >= 0.3 is 5.69 Å². The number of nitrogens with zero attached hydrogens (tertiary/aromatic N) is 1. The van der Waals surface area contributed by atoms with Gasteiger partial charge in [-0.05, 0) is 32.4 Å². The second-order valence-electron chi connectivity index (χ2n) is 4.41. The lowest BCUT2D eigenvalue weighted by atomic mass is 10.2. The lowest BCUT2D eigenvalue weighted by Gasteiger charge is -2.15. The molecule has 19 heavy (non-hydrogen) atoms. The maximum Gasteiger partial charge on any atom is 0.331 e. The van der Waals surface area contributed by atoms with E-state index in [0.29, 0.717) is 12.2 Å². The van der Waals surface area contributed by atoms with Gasteiger partial charge in [-0.3, -0.25) is 14.3 Å². The van der Waals surface area contributed by atoms with Gasteiger partial charge in [0.25, 0.3) is 5.56 Å². The minimum Gasteiger partial charge on any atom is -0.494 e. The molecule has 0 aliphatic carbocycles. The number of aromatic nitrogens is 2. The van der Waals surface area contributed by atoms with E-state index in [-0.39, 0.29) is 11.4 Å². The molecule has 6 heteroatoms. The first-order chi connectivity index (χ1) is 8.95. The third kappa shape index (κ3) is 2.21. The Morgan fingerprint density at radius 1 is 1.42 bits per heavy atom. The SMILES string of the molecule is CCc1c(O)n(C(C)c2ccc(C)o2)c(=O)[nH]c1=O. The smallest absolute Gasteiger partial charge is 0.331 e. The summed E-state index contributed by atoms with van der Waals surface area (Å²) < 4.78 is 6.57. The van der Waals surface area contributed by atoms with E-state index in [4.69, 9.17) is 4.42 Å². The number of rotatable bonds is 3. The number of furan rings is 1. The van der Waals surface area contributed by atoms with Crippen molar-refractivity contribution >= 4 is 0 Å². The average molecular weight is 264 g/mol. The molecular weight excluding hydrogens is 248 g/mol. The first kappa shape index (κ1) is 13.2. The van der Waals surface area contributed by atoms with E-state index in [1.807, 2.05) is 0 Å². The van der Waals surface area contributed by atoms with Crippen LogP contribution in [0.4, 0.5) is 0 Å². The summed E-state index contributed by atoms with van der Waals surface area (Å²) in [7, 11) is 0. The predicted octanol–water partition coefficient (Wildman–Crippen LogP) is 1.32. The Hall–Kier alpha value is -2.24. The van der Waals surface area contributed by atoms with Crippen LogP contribution in [0.1, 0.15) is 37.0 Å². The highest BCUT2D eigenvalue weighted by molar-refractivity contribution is 5.25. The molecule has 0 fully saturated rings. The second kappa shape index (κ2) is 4.79. The Balaban J connectivity index is 2.63. The van der Waals surface area contributed by atoms with Gasteiger partial charge < -0.3 is 9.52 Å². The molecule has 0 spiro atoms. The molecular formula is C13H16N2O4. The van der Waals surface area contributed by atoms with Crippen molar-refractivity contribution in [1.82, 2.24) is 9.55 Å². The molecule has 0 amide bonds. The first-order valence-corrected chi connectivity index (χ1v) is 6.08. The monoisotopic (exact) mass is 264 g/mol. The van der Waals surface area contributed by atoms with Crippen molar-refractivity contribution in [3.05, 3.63) is 50.1 Å². The van der Waals surface area contributed by atoms with Crippen LogP contribution in [0.3, 0.4) is 0 Å². The number of H-pyrrole nitrogens is 1. The number of aromatic hydroxyl groups is 1. The van der Waals surface area contributed by atoms with Gasteiger partial charge in [-0.15, -0.1) is 0 Å². The van der Waals surface area contributed by atoms with Crippen molar-refractivity contribution in [2.45, 2.75) is 33.2 Å². The summed E-state index contributed by atoms with van der Waals surface area (Å²) in [5.41, 5.74) is -1.01. The van der Waals surface area contributed by atoms with E-state index >= 15 is 0 Å². The predicted molar refractivity (Wildman–Crippen MR) is 69.6 cm³/mol. The molecule has 102 valence electrons. The fraction of sp³-hybridized carbons (Fsp3) is 0.385. The van der Waals surface area contributed by atoms with Crippen LogP contribution < -0.4 is 11.2 Å². The molecule has 2 rings (SSSR count). The maximum atomic E-state index is 11.9. The van der Waals surface area contributed by atoms with Gasteiger partial charge in [-0.25, -0.2) is 4.79 Å². The molecule has 1 atom stereocenters. The van der Waals surface area contributed by atoms with E-state index in [0.717, 1.165) is 10.3 Å². The summed E-state index contributed by atoms with van der Waals surface area (Å²) in [6.07, 6.45) is 0.339. The van der Waals surface area contributed by atoms with Gasteiger partial charge in [-0.2, -0.15) is 0 Å². The summed E-state index contributed by atoms with van der Waals surface area (Å²) in [5, 5.41) is 10.1. The Kier molecular flexibility index (Phi) is 3.33. The molecule has 0 radical (unpaired) electrons. The molecule has 0 bridgehead atoms. The average Bonchev–Trinajstić information content (AvgIpc) is 2.75. The van der Waals surface area contributed by atoms with Crippen molar-refractivity contribution in [2.75, 3.05) is 0 Å². The number of aromatic amines is 1. The van der Waals surface area contributed by atoms with Gasteiger partial charge in [0.15, 0.2) is 0 Å². The molecule has 2 heterocycles. The van der Waals surface area contributed by atoms with Crippen LogP contribution in [-0.2, 0) is 6.42 Å².